The lowest BCUT2D eigenvalue weighted by molar-refractivity contribution is 0.380. The summed E-state index contributed by atoms with van der Waals surface area (Å²) in [5, 5.41) is 3.57. The zero-order chi connectivity index (χ0) is 11.5. The maximum absolute atomic E-state index is 6.10. The molecule has 15 heavy (non-hydrogen) atoms. The first-order chi connectivity index (χ1) is 6.92. The van der Waals surface area contributed by atoms with Crippen molar-refractivity contribution in [3.05, 3.63) is 33.4 Å². The molecular weight excluding hydrogens is 320 g/mol. The average molecular weight is 338 g/mol. The molecule has 1 nitrogen and oxygen atoms in total. The van der Waals surface area contributed by atoms with Gasteiger partial charge in [-0.3, -0.25) is 0 Å². The lowest BCUT2D eigenvalue weighted by atomic mass is 10.0. The number of halogens is 2. The fourth-order valence-corrected chi connectivity index (χ4v) is 1.51. The van der Waals surface area contributed by atoms with Crippen LogP contribution in [0.25, 0.3) is 0 Å². The van der Waals surface area contributed by atoms with Crippen molar-refractivity contribution in [3.63, 3.8) is 0 Å². The van der Waals surface area contributed by atoms with Crippen LogP contribution in [0.2, 0.25) is 0 Å². The van der Waals surface area contributed by atoms with Crippen LogP contribution in [0.5, 0.6) is 0 Å². The van der Waals surface area contributed by atoms with Crippen molar-refractivity contribution in [2.45, 2.75) is 38.2 Å². The van der Waals surface area contributed by atoms with Gasteiger partial charge in [0.2, 0.25) is 0 Å². The molecule has 0 saturated heterocycles. The minimum atomic E-state index is -0.0372. The van der Waals surface area contributed by atoms with Gasteiger partial charge >= 0.3 is 0 Å². The molecule has 0 aliphatic heterocycles. The van der Waals surface area contributed by atoms with Crippen molar-refractivity contribution < 1.29 is 0 Å². The van der Waals surface area contributed by atoms with Crippen LogP contribution in [0.15, 0.2) is 24.3 Å². The largest absolute Gasteiger partial charge is 0.306 e. The van der Waals surface area contributed by atoms with E-state index in [1.165, 1.54) is 9.13 Å². The van der Waals surface area contributed by atoms with E-state index < -0.39 is 0 Å². The highest BCUT2D eigenvalue weighted by molar-refractivity contribution is 14.1. The highest BCUT2D eigenvalue weighted by atomic mass is 127. The number of rotatable bonds is 4. The molecule has 0 radical (unpaired) electrons. The minimum Gasteiger partial charge on any atom is -0.306 e. The van der Waals surface area contributed by atoms with E-state index in [4.69, 9.17) is 11.6 Å². The van der Waals surface area contributed by atoms with Crippen LogP contribution in [0.4, 0.5) is 0 Å². The molecule has 1 aromatic rings. The summed E-state index contributed by atoms with van der Waals surface area (Å²) in [4.78, 5) is 0. The zero-order valence-corrected chi connectivity index (χ0v) is 12.3. The standard InChI is InChI=1S/C12H17ClIN/c1-9(13)12(2,3)15-8-10-4-6-11(14)7-5-10/h4-7,9,15H,8H2,1-3H3. The van der Waals surface area contributed by atoms with Crippen molar-refractivity contribution in [2.24, 2.45) is 0 Å². The van der Waals surface area contributed by atoms with Gasteiger partial charge in [0.15, 0.2) is 0 Å². The quantitative estimate of drug-likeness (QED) is 0.651. The molecule has 1 N–H and O–H groups in total. The average Bonchev–Trinajstić information content (AvgIpc) is 2.17. The fourth-order valence-electron chi connectivity index (χ4n) is 1.07. The molecule has 0 aliphatic carbocycles. The summed E-state index contributed by atoms with van der Waals surface area (Å²) < 4.78 is 1.27. The molecule has 1 atom stereocenters. The molecule has 0 aromatic heterocycles. The highest BCUT2D eigenvalue weighted by Gasteiger charge is 2.22. The van der Waals surface area contributed by atoms with Crippen molar-refractivity contribution in [3.8, 4) is 0 Å². The number of alkyl halides is 1. The minimum absolute atomic E-state index is 0.0372. The molecule has 1 unspecified atom stereocenters. The molecule has 1 aromatic carbocycles. The van der Waals surface area contributed by atoms with E-state index in [2.05, 4.69) is 66.0 Å². The third-order valence-corrected chi connectivity index (χ3v) is 3.92. The van der Waals surface area contributed by atoms with Gasteiger partial charge < -0.3 is 5.32 Å². The molecule has 0 spiro atoms. The van der Waals surface area contributed by atoms with E-state index in [9.17, 15) is 0 Å². The Kier molecular flexibility index (Phi) is 4.87. The molecule has 0 bridgehead atoms. The van der Waals surface area contributed by atoms with E-state index >= 15 is 0 Å². The Morgan fingerprint density at radius 1 is 1.33 bits per heavy atom. The van der Waals surface area contributed by atoms with Crippen molar-refractivity contribution in [1.82, 2.24) is 5.32 Å². The second kappa shape index (κ2) is 5.51. The van der Waals surface area contributed by atoms with Crippen LogP contribution in [0.3, 0.4) is 0 Å². The molecule has 3 heteroatoms. The Morgan fingerprint density at radius 2 is 1.87 bits per heavy atom. The maximum atomic E-state index is 6.10. The molecule has 0 saturated carbocycles. The van der Waals surface area contributed by atoms with E-state index in [0.717, 1.165) is 6.54 Å². The summed E-state index contributed by atoms with van der Waals surface area (Å²) in [5.41, 5.74) is 1.26. The smallest absolute Gasteiger partial charge is 0.0484 e. The van der Waals surface area contributed by atoms with Gasteiger partial charge in [-0.25, -0.2) is 0 Å². The van der Waals surface area contributed by atoms with Crippen LogP contribution in [0, 0.1) is 3.57 Å². The fraction of sp³-hybridized carbons (Fsp3) is 0.500. The van der Waals surface area contributed by atoms with Crippen LogP contribution >= 0.6 is 34.2 Å². The molecule has 1 rings (SSSR count). The highest BCUT2D eigenvalue weighted by Crippen LogP contribution is 2.15. The zero-order valence-electron chi connectivity index (χ0n) is 9.35. The Morgan fingerprint density at radius 3 is 2.33 bits per heavy atom. The van der Waals surface area contributed by atoms with Gasteiger partial charge in [0.25, 0.3) is 0 Å². The summed E-state index contributed by atoms with van der Waals surface area (Å²) in [6.07, 6.45) is 0. The Hall–Kier alpha value is 0.200. The number of benzene rings is 1. The van der Waals surface area contributed by atoms with Gasteiger partial charge in [0.05, 0.1) is 0 Å². The number of nitrogens with one attached hydrogen (secondary N) is 1. The van der Waals surface area contributed by atoms with Gasteiger partial charge in [0.1, 0.15) is 0 Å². The van der Waals surface area contributed by atoms with Crippen molar-refractivity contribution in [1.29, 1.82) is 0 Å². The SMILES string of the molecule is CC(Cl)C(C)(C)NCc1ccc(I)cc1. The topological polar surface area (TPSA) is 12.0 Å². The first-order valence-corrected chi connectivity index (χ1v) is 6.57. The lowest BCUT2D eigenvalue weighted by Crippen LogP contribution is -2.45. The monoisotopic (exact) mass is 337 g/mol. The van der Waals surface area contributed by atoms with Gasteiger partial charge in [-0.05, 0) is 61.1 Å². The third kappa shape index (κ3) is 4.29. The van der Waals surface area contributed by atoms with E-state index in [1.54, 1.807) is 0 Å². The summed E-state index contributed by atoms with van der Waals surface area (Å²) >= 11 is 8.41. The van der Waals surface area contributed by atoms with Gasteiger partial charge in [0, 0.05) is 21.0 Å². The number of hydrogen-bond acceptors (Lipinski definition) is 1. The van der Waals surface area contributed by atoms with Crippen molar-refractivity contribution >= 4 is 34.2 Å². The Bertz CT molecular complexity index is 306. The van der Waals surface area contributed by atoms with Gasteiger partial charge in [-0.15, -0.1) is 11.6 Å². The van der Waals surface area contributed by atoms with E-state index in [0.29, 0.717) is 0 Å². The predicted octanol–water partition coefficient (Wildman–Crippen LogP) is 3.79. The lowest BCUT2D eigenvalue weighted by Gasteiger charge is -2.29. The first kappa shape index (κ1) is 13.3. The molecule has 0 amide bonds. The molecular formula is C12H17ClIN. The summed E-state index contributed by atoms with van der Waals surface area (Å²) in [6.45, 7) is 7.12. The molecule has 0 heterocycles. The molecule has 0 fully saturated rings. The Labute approximate surface area is 111 Å². The van der Waals surface area contributed by atoms with Crippen molar-refractivity contribution in [2.75, 3.05) is 0 Å². The van der Waals surface area contributed by atoms with Crippen LogP contribution < -0.4 is 5.32 Å². The normalized spacial score (nSPS) is 13.9. The van der Waals surface area contributed by atoms with Gasteiger partial charge in [-0.1, -0.05) is 12.1 Å². The summed E-state index contributed by atoms with van der Waals surface area (Å²) in [5.74, 6) is 0. The summed E-state index contributed by atoms with van der Waals surface area (Å²) in [7, 11) is 0. The summed E-state index contributed by atoms with van der Waals surface area (Å²) in [6, 6.07) is 8.52. The maximum Gasteiger partial charge on any atom is 0.0484 e. The third-order valence-electron chi connectivity index (χ3n) is 2.66. The van der Waals surface area contributed by atoms with Crippen LogP contribution in [-0.2, 0) is 6.54 Å². The van der Waals surface area contributed by atoms with Gasteiger partial charge in [-0.2, -0.15) is 0 Å². The second-order valence-electron chi connectivity index (χ2n) is 4.32. The van der Waals surface area contributed by atoms with Crippen LogP contribution in [-0.4, -0.2) is 10.9 Å². The number of hydrogen-bond donors (Lipinski definition) is 1. The molecule has 84 valence electrons. The predicted molar refractivity (Wildman–Crippen MR) is 75.4 cm³/mol. The van der Waals surface area contributed by atoms with E-state index in [-0.39, 0.29) is 10.9 Å². The van der Waals surface area contributed by atoms with Crippen LogP contribution in [0.1, 0.15) is 26.3 Å². The Balaban J connectivity index is 2.54. The molecule has 0 aliphatic rings. The van der Waals surface area contributed by atoms with E-state index in [1.807, 2.05) is 6.92 Å². The second-order valence-corrected chi connectivity index (χ2v) is 6.22. The first-order valence-electron chi connectivity index (χ1n) is 5.05.